The summed E-state index contributed by atoms with van der Waals surface area (Å²) in [7, 11) is 0. The van der Waals surface area contributed by atoms with Crippen LogP contribution < -0.4 is 0 Å². The Morgan fingerprint density at radius 2 is 1.66 bits per heavy atom. The minimum Gasteiger partial charge on any atom is -0.360 e. The van der Waals surface area contributed by atoms with Crippen LogP contribution in [0, 0.1) is 6.92 Å². The van der Waals surface area contributed by atoms with Crippen molar-refractivity contribution in [2.24, 2.45) is 0 Å². The van der Waals surface area contributed by atoms with Crippen LogP contribution in [-0.2, 0) is 22.4 Å². The summed E-state index contributed by atoms with van der Waals surface area (Å²) in [6, 6.07) is 24.5. The van der Waals surface area contributed by atoms with Gasteiger partial charge in [-0.1, -0.05) is 60.1 Å². The first-order chi connectivity index (χ1) is 16.6. The van der Waals surface area contributed by atoms with Gasteiger partial charge in [0.15, 0.2) is 5.78 Å². The van der Waals surface area contributed by atoms with Gasteiger partial charge in [-0.2, -0.15) is 0 Å². The predicted molar refractivity (Wildman–Crippen MR) is 145 cm³/mol. The number of hydrogen-bond donors (Lipinski definition) is 0. The number of Topliss-reactive ketones (excluding diaryl/α,β-unsaturated/α-hetero) is 1. The second-order valence-electron chi connectivity index (χ2n) is 10.1. The molecule has 0 radical (unpaired) electrons. The molecule has 0 amide bonds. The van der Waals surface area contributed by atoms with Crippen molar-refractivity contribution in [1.29, 1.82) is 0 Å². The Hall–Kier alpha value is -3.01. The van der Waals surface area contributed by atoms with Crippen molar-refractivity contribution in [2.45, 2.75) is 59.2 Å². The number of halogens is 1. The van der Waals surface area contributed by atoms with E-state index < -0.39 is 11.7 Å². The van der Waals surface area contributed by atoms with Gasteiger partial charge < -0.3 is 4.74 Å². The Morgan fingerprint density at radius 1 is 0.971 bits per heavy atom. The third-order valence-corrected chi connectivity index (χ3v) is 6.30. The highest BCUT2D eigenvalue weighted by Crippen LogP contribution is 2.40. The summed E-state index contributed by atoms with van der Waals surface area (Å²) < 4.78 is 6.32. The number of fused-ring (bicyclic) bond motifs is 1. The fourth-order valence-corrected chi connectivity index (χ4v) is 4.61. The number of hydrogen-bond acceptors (Lipinski definition) is 3. The molecule has 1 aromatic heterocycles. The van der Waals surface area contributed by atoms with E-state index in [9.17, 15) is 4.79 Å². The molecule has 0 unspecified atom stereocenters. The number of carbonyl (C=O) groups is 1. The van der Waals surface area contributed by atoms with Crippen molar-refractivity contribution < 1.29 is 9.53 Å². The zero-order valence-electron chi connectivity index (χ0n) is 21.1. The summed E-state index contributed by atoms with van der Waals surface area (Å²) in [5, 5.41) is 1.67. The van der Waals surface area contributed by atoms with E-state index in [0.29, 0.717) is 5.02 Å². The number of ether oxygens (including phenoxy) is 1. The summed E-state index contributed by atoms with van der Waals surface area (Å²) in [5.41, 5.74) is 6.62. The third kappa shape index (κ3) is 5.98. The largest absolute Gasteiger partial charge is 0.360 e. The van der Waals surface area contributed by atoms with E-state index in [0.717, 1.165) is 51.7 Å². The Balaban J connectivity index is 1.87. The normalized spacial score (nSPS) is 12.6. The maximum atomic E-state index is 12.9. The van der Waals surface area contributed by atoms with Gasteiger partial charge in [0, 0.05) is 16.1 Å². The van der Waals surface area contributed by atoms with Gasteiger partial charge in [-0.25, -0.2) is 0 Å². The number of rotatable bonds is 7. The molecular formula is C31H32ClNO2. The summed E-state index contributed by atoms with van der Waals surface area (Å²) in [6.45, 7) is 9.55. The summed E-state index contributed by atoms with van der Waals surface area (Å²) in [6.07, 6.45) is 1.12. The fourth-order valence-electron chi connectivity index (χ4n) is 4.48. The van der Waals surface area contributed by atoms with Crippen LogP contribution in [0.5, 0.6) is 0 Å². The van der Waals surface area contributed by atoms with Crippen molar-refractivity contribution >= 4 is 28.3 Å². The van der Waals surface area contributed by atoms with E-state index in [4.69, 9.17) is 21.3 Å². The SMILES string of the molecule is CC(=O)[C@@H](OC(C)(C)C)c1c(C)cc2nc(CCc3ccccc3)ccc2c1-c1ccc(Cl)cc1. The molecule has 0 spiro atoms. The molecule has 0 N–H and O–H groups in total. The van der Waals surface area contributed by atoms with E-state index >= 15 is 0 Å². The molecule has 1 atom stereocenters. The first kappa shape index (κ1) is 25.1. The molecule has 0 aliphatic carbocycles. The quantitative estimate of drug-likeness (QED) is 0.265. The average Bonchev–Trinajstić information content (AvgIpc) is 2.81. The van der Waals surface area contributed by atoms with Crippen LogP contribution in [0.1, 0.15) is 56.2 Å². The topological polar surface area (TPSA) is 39.2 Å². The van der Waals surface area contributed by atoms with Gasteiger partial charge in [0.1, 0.15) is 6.10 Å². The molecule has 4 rings (SSSR count). The standard InChI is InChI=1S/C31H32ClNO2/c1-20-19-27-26(18-17-25(33-27)16-11-22-9-7-6-8-10-22)29(23-12-14-24(32)15-13-23)28(20)30(21(2)34)35-31(3,4)5/h6-10,12-15,17-19,30H,11,16H2,1-5H3/t30-/m1/s1. The Kier molecular flexibility index (Phi) is 7.39. The second-order valence-corrected chi connectivity index (χ2v) is 10.5. The van der Waals surface area contributed by atoms with Crippen LogP contribution in [0.25, 0.3) is 22.0 Å². The zero-order valence-corrected chi connectivity index (χ0v) is 21.8. The smallest absolute Gasteiger partial charge is 0.163 e. The lowest BCUT2D eigenvalue weighted by molar-refractivity contribution is -0.138. The summed E-state index contributed by atoms with van der Waals surface area (Å²) in [5.74, 6) is -0.0231. The Bertz CT molecular complexity index is 1340. The highest BCUT2D eigenvalue weighted by Gasteiger charge is 2.29. The lowest BCUT2D eigenvalue weighted by atomic mass is 9.87. The molecule has 0 fully saturated rings. The van der Waals surface area contributed by atoms with Gasteiger partial charge >= 0.3 is 0 Å². The predicted octanol–water partition coefficient (Wildman–Crippen LogP) is 8.09. The molecule has 0 aliphatic rings. The van der Waals surface area contributed by atoms with Crippen molar-refractivity contribution in [1.82, 2.24) is 4.98 Å². The maximum absolute atomic E-state index is 12.9. The molecule has 35 heavy (non-hydrogen) atoms. The highest BCUT2D eigenvalue weighted by molar-refractivity contribution is 6.30. The first-order valence-electron chi connectivity index (χ1n) is 12.0. The number of nitrogens with zero attached hydrogens (tertiary/aromatic N) is 1. The van der Waals surface area contributed by atoms with Gasteiger partial charge in [0.2, 0.25) is 0 Å². The fraction of sp³-hybridized carbons (Fsp3) is 0.290. The number of benzene rings is 3. The van der Waals surface area contributed by atoms with Crippen LogP contribution >= 0.6 is 11.6 Å². The summed E-state index contributed by atoms with van der Waals surface area (Å²) in [4.78, 5) is 17.9. The number of aromatic nitrogens is 1. The van der Waals surface area contributed by atoms with Crippen molar-refractivity contribution in [2.75, 3.05) is 0 Å². The third-order valence-electron chi connectivity index (χ3n) is 6.05. The van der Waals surface area contributed by atoms with Crippen LogP contribution in [0.15, 0.2) is 72.8 Å². The van der Waals surface area contributed by atoms with E-state index in [2.05, 4.69) is 42.5 Å². The minimum absolute atomic E-state index is 0.0231. The van der Waals surface area contributed by atoms with Crippen LogP contribution in [0.3, 0.4) is 0 Å². The molecule has 0 saturated heterocycles. The van der Waals surface area contributed by atoms with E-state index in [1.165, 1.54) is 5.56 Å². The zero-order chi connectivity index (χ0) is 25.2. The van der Waals surface area contributed by atoms with Crippen LogP contribution in [0.2, 0.25) is 5.02 Å². The Labute approximate surface area is 213 Å². The van der Waals surface area contributed by atoms with Gasteiger partial charge in [0.05, 0.1) is 11.1 Å². The molecule has 180 valence electrons. The molecular weight excluding hydrogens is 454 g/mol. The molecule has 4 aromatic rings. The molecule has 0 aliphatic heterocycles. The lowest BCUT2D eigenvalue weighted by Gasteiger charge is -2.29. The van der Waals surface area contributed by atoms with Crippen LogP contribution in [-0.4, -0.2) is 16.4 Å². The monoisotopic (exact) mass is 485 g/mol. The lowest BCUT2D eigenvalue weighted by Crippen LogP contribution is -2.27. The van der Waals surface area contributed by atoms with E-state index in [-0.39, 0.29) is 5.78 Å². The summed E-state index contributed by atoms with van der Waals surface area (Å²) >= 11 is 6.20. The Morgan fingerprint density at radius 3 is 2.29 bits per heavy atom. The number of pyridine rings is 1. The molecule has 1 heterocycles. The van der Waals surface area contributed by atoms with Crippen LogP contribution in [0.4, 0.5) is 0 Å². The van der Waals surface area contributed by atoms with Crippen molar-refractivity contribution in [3.63, 3.8) is 0 Å². The minimum atomic E-state index is -0.678. The van der Waals surface area contributed by atoms with Gasteiger partial charge in [-0.15, -0.1) is 0 Å². The number of aryl methyl sites for hydroxylation is 3. The van der Waals surface area contributed by atoms with Gasteiger partial charge in [-0.05, 0) is 99.5 Å². The van der Waals surface area contributed by atoms with E-state index in [1.54, 1.807) is 6.92 Å². The number of carbonyl (C=O) groups excluding carboxylic acids is 1. The molecule has 0 bridgehead atoms. The first-order valence-corrected chi connectivity index (χ1v) is 12.4. The molecule has 4 heteroatoms. The van der Waals surface area contributed by atoms with Gasteiger partial charge in [-0.3, -0.25) is 9.78 Å². The maximum Gasteiger partial charge on any atom is 0.163 e. The molecule has 3 nitrogen and oxygen atoms in total. The average molecular weight is 486 g/mol. The molecule has 0 saturated carbocycles. The van der Waals surface area contributed by atoms with Crippen molar-refractivity contribution in [3.05, 3.63) is 100 Å². The number of ketones is 1. The van der Waals surface area contributed by atoms with Gasteiger partial charge in [0.25, 0.3) is 0 Å². The molecule has 3 aromatic carbocycles. The second kappa shape index (κ2) is 10.3. The van der Waals surface area contributed by atoms with E-state index in [1.807, 2.05) is 58.0 Å². The van der Waals surface area contributed by atoms with Crippen molar-refractivity contribution in [3.8, 4) is 11.1 Å². The highest BCUT2D eigenvalue weighted by atomic mass is 35.5.